The standard InChI is InChI=1S/C10H9BrFN3OS/c1-13-5-9-14-15-10(17-9)16-6-2-3-8(12)7(11)4-6/h2-4,13H,5H2,1H3. The van der Waals surface area contributed by atoms with Crippen LogP contribution in [-0.4, -0.2) is 17.2 Å². The van der Waals surface area contributed by atoms with Crippen LogP contribution in [0.1, 0.15) is 5.01 Å². The minimum absolute atomic E-state index is 0.328. The predicted molar refractivity (Wildman–Crippen MR) is 66.8 cm³/mol. The highest BCUT2D eigenvalue weighted by atomic mass is 79.9. The summed E-state index contributed by atoms with van der Waals surface area (Å²) in [4.78, 5) is 0. The molecule has 0 radical (unpaired) electrons. The molecule has 0 aliphatic heterocycles. The Morgan fingerprint density at radius 2 is 2.29 bits per heavy atom. The number of halogens is 2. The van der Waals surface area contributed by atoms with Crippen molar-refractivity contribution in [2.45, 2.75) is 6.54 Å². The molecule has 0 amide bonds. The van der Waals surface area contributed by atoms with E-state index in [9.17, 15) is 4.39 Å². The smallest absolute Gasteiger partial charge is 0.299 e. The van der Waals surface area contributed by atoms with Gasteiger partial charge < -0.3 is 10.1 Å². The lowest BCUT2D eigenvalue weighted by Crippen LogP contribution is -2.04. The largest absolute Gasteiger partial charge is 0.430 e. The van der Waals surface area contributed by atoms with Crippen LogP contribution in [-0.2, 0) is 6.54 Å². The number of nitrogens with zero attached hydrogens (tertiary/aromatic N) is 2. The molecular weight excluding hydrogens is 309 g/mol. The van der Waals surface area contributed by atoms with E-state index >= 15 is 0 Å². The van der Waals surface area contributed by atoms with Crippen molar-refractivity contribution < 1.29 is 9.13 Å². The summed E-state index contributed by atoms with van der Waals surface area (Å²) in [6.07, 6.45) is 0. The van der Waals surface area contributed by atoms with E-state index in [0.29, 0.717) is 22.0 Å². The summed E-state index contributed by atoms with van der Waals surface area (Å²) in [7, 11) is 1.83. The number of aromatic nitrogens is 2. The van der Waals surface area contributed by atoms with Crippen LogP contribution in [0.5, 0.6) is 10.9 Å². The van der Waals surface area contributed by atoms with E-state index in [4.69, 9.17) is 4.74 Å². The van der Waals surface area contributed by atoms with Crippen LogP contribution in [0, 0.1) is 5.82 Å². The quantitative estimate of drug-likeness (QED) is 0.941. The Kier molecular flexibility index (Phi) is 4.03. The van der Waals surface area contributed by atoms with Gasteiger partial charge in [0.1, 0.15) is 16.6 Å². The van der Waals surface area contributed by atoms with Gasteiger partial charge in [0.15, 0.2) is 0 Å². The van der Waals surface area contributed by atoms with E-state index in [1.165, 1.54) is 17.4 Å². The minimum Gasteiger partial charge on any atom is -0.430 e. The van der Waals surface area contributed by atoms with Gasteiger partial charge >= 0.3 is 0 Å². The summed E-state index contributed by atoms with van der Waals surface area (Å²) < 4.78 is 18.8. The van der Waals surface area contributed by atoms with Crippen molar-refractivity contribution in [3.63, 3.8) is 0 Å². The van der Waals surface area contributed by atoms with Crippen molar-refractivity contribution in [3.05, 3.63) is 33.5 Å². The van der Waals surface area contributed by atoms with Crippen LogP contribution in [0.3, 0.4) is 0 Å². The van der Waals surface area contributed by atoms with Crippen molar-refractivity contribution in [3.8, 4) is 10.9 Å². The van der Waals surface area contributed by atoms with Gasteiger partial charge in [0.25, 0.3) is 5.19 Å². The second-order valence-corrected chi connectivity index (χ2v) is 5.05. The summed E-state index contributed by atoms with van der Waals surface area (Å²) >= 11 is 4.44. The number of nitrogens with one attached hydrogen (secondary N) is 1. The maximum absolute atomic E-state index is 13.0. The molecule has 90 valence electrons. The topological polar surface area (TPSA) is 47.0 Å². The molecule has 0 spiro atoms. The van der Waals surface area contributed by atoms with Crippen LogP contribution < -0.4 is 10.1 Å². The van der Waals surface area contributed by atoms with Crippen LogP contribution in [0.2, 0.25) is 0 Å². The SMILES string of the molecule is CNCc1nnc(Oc2ccc(F)c(Br)c2)s1. The molecule has 1 aromatic heterocycles. The van der Waals surface area contributed by atoms with E-state index in [2.05, 4.69) is 31.4 Å². The van der Waals surface area contributed by atoms with Gasteiger partial charge in [-0.05, 0) is 41.2 Å². The molecule has 0 fully saturated rings. The Hall–Kier alpha value is -1.05. The molecule has 0 saturated heterocycles. The highest BCUT2D eigenvalue weighted by Crippen LogP contribution is 2.28. The molecule has 1 N–H and O–H groups in total. The molecule has 2 aromatic rings. The van der Waals surface area contributed by atoms with Crippen molar-refractivity contribution in [2.75, 3.05) is 7.05 Å². The lowest BCUT2D eigenvalue weighted by Gasteiger charge is -2.01. The second-order valence-electron chi connectivity index (χ2n) is 3.17. The Balaban J connectivity index is 2.11. The third kappa shape index (κ3) is 3.21. The molecule has 0 atom stereocenters. The van der Waals surface area contributed by atoms with Gasteiger partial charge in [0, 0.05) is 6.54 Å². The summed E-state index contributed by atoms with van der Waals surface area (Å²) in [6.45, 7) is 0.647. The summed E-state index contributed by atoms with van der Waals surface area (Å²) in [5, 5.41) is 12.1. The van der Waals surface area contributed by atoms with Crippen LogP contribution in [0.4, 0.5) is 4.39 Å². The van der Waals surface area contributed by atoms with E-state index in [1.807, 2.05) is 7.05 Å². The van der Waals surface area contributed by atoms with E-state index < -0.39 is 0 Å². The zero-order valence-corrected chi connectivity index (χ0v) is 11.3. The normalized spacial score (nSPS) is 10.5. The first-order chi connectivity index (χ1) is 8.19. The van der Waals surface area contributed by atoms with Gasteiger partial charge in [0.05, 0.1) is 4.47 Å². The summed E-state index contributed by atoms with van der Waals surface area (Å²) in [5.74, 6) is 0.191. The Labute approximate surface area is 110 Å². The molecule has 17 heavy (non-hydrogen) atoms. The first-order valence-corrected chi connectivity index (χ1v) is 6.40. The van der Waals surface area contributed by atoms with Crippen molar-refractivity contribution in [2.24, 2.45) is 0 Å². The number of ether oxygens (including phenoxy) is 1. The van der Waals surface area contributed by atoms with Crippen molar-refractivity contribution >= 4 is 27.3 Å². The molecule has 0 bridgehead atoms. The third-order valence-corrected chi connectivity index (χ3v) is 3.28. The fraction of sp³-hybridized carbons (Fsp3) is 0.200. The van der Waals surface area contributed by atoms with E-state index in [0.717, 1.165) is 5.01 Å². The molecule has 1 heterocycles. The predicted octanol–water partition coefficient (Wildman–Crippen LogP) is 2.95. The fourth-order valence-corrected chi connectivity index (χ4v) is 2.22. The van der Waals surface area contributed by atoms with Crippen LogP contribution >= 0.6 is 27.3 Å². The molecule has 0 aliphatic rings. The number of rotatable bonds is 4. The Morgan fingerprint density at radius 1 is 1.47 bits per heavy atom. The second kappa shape index (κ2) is 5.52. The Morgan fingerprint density at radius 3 is 3.00 bits per heavy atom. The molecule has 7 heteroatoms. The summed E-state index contributed by atoms with van der Waals surface area (Å²) in [6, 6.07) is 4.42. The minimum atomic E-state index is -0.328. The van der Waals surface area contributed by atoms with Gasteiger partial charge in [0.2, 0.25) is 0 Å². The molecule has 0 unspecified atom stereocenters. The van der Waals surface area contributed by atoms with E-state index in [-0.39, 0.29) is 5.82 Å². The highest BCUT2D eigenvalue weighted by Gasteiger charge is 2.07. The highest BCUT2D eigenvalue weighted by molar-refractivity contribution is 9.10. The van der Waals surface area contributed by atoms with Crippen LogP contribution in [0.25, 0.3) is 0 Å². The van der Waals surface area contributed by atoms with Crippen molar-refractivity contribution in [1.82, 2.24) is 15.5 Å². The average molecular weight is 318 g/mol. The monoisotopic (exact) mass is 317 g/mol. The van der Waals surface area contributed by atoms with E-state index in [1.54, 1.807) is 12.1 Å². The van der Waals surface area contributed by atoms with Gasteiger partial charge in [-0.1, -0.05) is 16.4 Å². The molecule has 4 nitrogen and oxygen atoms in total. The Bertz CT molecular complexity index is 520. The molecule has 0 aliphatic carbocycles. The fourth-order valence-electron chi connectivity index (χ4n) is 1.14. The molecule has 1 aromatic carbocycles. The van der Waals surface area contributed by atoms with Gasteiger partial charge in [-0.3, -0.25) is 0 Å². The van der Waals surface area contributed by atoms with Gasteiger partial charge in [-0.2, -0.15) is 0 Å². The molecule has 0 saturated carbocycles. The van der Waals surface area contributed by atoms with Crippen LogP contribution in [0.15, 0.2) is 22.7 Å². The van der Waals surface area contributed by atoms with Gasteiger partial charge in [-0.15, -0.1) is 5.10 Å². The zero-order chi connectivity index (χ0) is 12.3. The average Bonchev–Trinajstić information content (AvgIpc) is 2.72. The van der Waals surface area contributed by atoms with Crippen molar-refractivity contribution in [1.29, 1.82) is 0 Å². The maximum Gasteiger partial charge on any atom is 0.299 e. The maximum atomic E-state index is 13.0. The zero-order valence-electron chi connectivity index (χ0n) is 8.91. The first kappa shape index (κ1) is 12.4. The lowest BCUT2D eigenvalue weighted by atomic mass is 10.3. The van der Waals surface area contributed by atoms with Gasteiger partial charge in [-0.25, -0.2) is 4.39 Å². The molecule has 2 rings (SSSR count). The summed E-state index contributed by atoms with van der Waals surface area (Å²) in [5.41, 5.74) is 0. The number of benzene rings is 1. The lowest BCUT2D eigenvalue weighted by molar-refractivity contribution is 0.470. The first-order valence-electron chi connectivity index (χ1n) is 4.79. The third-order valence-electron chi connectivity index (χ3n) is 1.87. The number of hydrogen-bond donors (Lipinski definition) is 1. The molecular formula is C10H9BrFN3OS. The number of hydrogen-bond acceptors (Lipinski definition) is 5.